The number of nitrogens with two attached hydrogens (primary N) is 2. The molecule has 0 saturated carbocycles. The van der Waals surface area contributed by atoms with E-state index < -0.39 is 0 Å². The molecule has 0 spiro atoms. The van der Waals surface area contributed by atoms with E-state index in [1.807, 2.05) is 24.3 Å². The van der Waals surface area contributed by atoms with Crippen LogP contribution in [0.4, 0.5) is 0 Å². The molecule has 1 aliphatic heterocycles. The Morgan fingerprint density at radius 3 is 2.52 bits per heavy atom. The van der Waals surface area contributed by atoms with Gasteiger partial charge >= 0.3 is 0 Å². The number of benzene rings is 1. The zero-order valence-electron chi connectivity index (χ0n) is 13.2. The third-order valence-electron chi connectivity index (χ3n) is 3.78. The average Bonchev–Trinajstić information content (AvgIpc) is 2.50. The van der Waals surface area contributed by atoms with Gasteiger partial charge in [0.25, 0.3) is 0 Å². The number of ether oxygens (including phenoxy) is 2. The van der Waals surface area contributed by atoms with Gasteiger partial charge in [0.2, 0.25) is 0 Å². The number of hydrogen-bond acceptors (Lipinski definition) is 3. The van der Waals surface area contributed by atoms with E-state index in [4.69, 9.17) is 9.47 Å². The molecule has 0 aromatic heterocycles. The fourth-order valence-corrected chi connectivity index (χ4v) is 2.34. The van der Waals surface area contributed by atoms with Crippen molar-refractivity contribution in [2.24, 2.45) is 0 Å². The summed E-state index contributed by atoms with van der Waals surface area (Å²) in [5.41, 5.74) is 0. The predicted molar refractivity (Wildman–Crippen MR) is 80.5 cm³/mol. The van der Waals surface area contributed by atoms with Crippen molar-refractivity contribution < 1.29 is 25.2 Å². The molecule has 118 valence electrons. The highest BCUT2D eigenvalue weighted by Crippen LogP contribution is 2.31. The van der Waals surface area contributed by atoms with Gasteiger partial charge in [-0.1, -0.05) is 12.1 Å². The monoisotopic (exact) mass is 296 g/mol. The first-order chi connectivity index (χ1) is 10.1. The minimum absolute atomic E-state index is 0.0150. The van der Waals surface area contributed by atoms with Gasteiger partial charge in [0, 0.05) is 0 Å². The van der Waals surface area contributed by atoms with Crippen molar-refractivity contribution in [1.82, 2.24) is 0 Å². The van der Waals surface area contributed by atoms with Crippen molar-refractivity contribution >= 4 is 0 Å². The van der Waals surface area contributed by atoms with E-state index in [1.165, 1.54) is 0 Å². The Balaban J connectivity index is 1.76. The van der Waals surface area contributed by atoms with Crippen LogP contribution in [0, 0.1) is 0 Å². The molecule has 1 heterocycles. The summed E-state index contributed by atoms with van der Waals surface area (Å²) >= 11 is 0. The number of para-hydroxylation sites is 2. The molecule has 0 amide bonds. The molecule has 0 bridgehead atoms. The van der Waals surface area contributed by atoms with Gasteiger partial charge in [0.15, 0.2) is 23.7 Å². The third kappa shape index (κ3) is 4.88. The summed E-state index contributed by atoms with van der Waals surface area (Å²) in [5.74, 6) is 1.62. The van der Waals surface area contributed by atoms with Gasteiger partial charge in [0.05, 0.1) is 6.04 Å². The summed E-state index contributed by atoms with van der Waals surface area (Å²) in [6.07, 6.45) is -0.284. The molecule has 0 aliphatic carbocycles. The fourth-order valence-electron chi connectivity index (χ4n) is 2.34. The fraction of sp³-hybridized carbons (Fsp3) is 0.625. The van der Waals surface area contributed by atoms with Crippen LogP contribution >= 0.6 is 0 Å². The highest BCUT2D eigenvalue weighted by molar-refractivity contribution is 5.40. The SMILES string of the molecule is CC(C)[NH2+]C[C@@H](O)C[NH2+][C@H](C)[C@@H]1COc2ccccc2O1. The summed E-state index contributed by atoms with van der Waals surface area (Å²) in [6.45, 7) is 8.36. The molecule has 5 N–H and O–H groups in total. The Hall–Kier alpha value is -1.30. The van der Waals surface area contributed by atoms with Crippen molar-refractivity contribution in [3.05, 3.63) is 24.3 Å². The molecule has 21 heavy (non-hydrogen) atoms. The number of quaternary nitrogens is 2. The Kier molecular flexibility index (Phi) is 5.85. The zero-order valence-corrected chi connectivity index (χ0v) is 13.2. The lowest BCUT2D eigenvalue weighted by molar-refractivity contribution is -0.721. The van der Waals surface area contributed by atoms with Gasteiger partial charge < -0.3 is 25.2 Å². The van der Waals surface area contributed by atoms with E-state index in [0.717, 1.165) is 18.0 Å². The second-order valence-electron chi connectivity index (χ2n) is 6.11. The largest absolute Gasteiger partial charge is 0.486 e. The van der Waals surface area contributed by atoms with E-state index in [0.29, 0.717) is 19.2 Å². The van der Waals surface area contributed by atoms with Crippen LogP contribution in [-0.4, -0.2) is 49.1 Å². The molecule has 3 atom stereocenters. The predicted octanol–water partition coefficient (Wildman–Crippen LogP) is -0.889. The van der Waals surface area contributed by atoms with Gasteiger partial charge in [-0.05, 0) is 32.9 Å². The Bertz CT molecular complexity index is 439. The van der Waals surface area contributed by atoms with Crippen LogP contribution in [0.25, 0.3) is 0 Å². The van der Waals surface area contributed by atoms with E-state index in [1.54, 1.807) is 0 Å². The van der Waals surface area contributed by atoms with Gasteiger partial charge in [-0.3, -0.25) is 0 Å². The maximum absolute atomic E-state index is 9.97. The smallest absolute Gasteiger partial charge is 0.184 e. The van der Waals surface area contributed by atoms with Crippen molar-refractivity contribution in [3.8, 4) is 11.5 Å². The van der Waals surface area contributed by atoms with Crippen LogP contribution in [0.15, 0.2) is 24.3 Å². The molecule has 1 aliphatic rings. The second kappa shape index (κ2) is 7.64. The van der Waals surface area contributed by atoms with E-state index in [2.05, 4.69) is 31.4 Å². The lowest BCUT2D eigenvalue weighted by Crippen LogP contribution is -2.97. The van der Waals surface area contributed by atoms with Crippen molar-refractivity contribution in [1.29, 1.82) is 0 Å². The van der Waals surface area contributed by atoms with E-state index in [-0.39, 0.29) is 18.2 Å². The first-order valence-electron chi connectivity index (χ1n) is 7.79. The molecule has 0 radical (unpaired) electrons. The maximum Gasteiger partial charge on any atom is 0.184 e. The Labute approximate surface area is 126 Å². The van der Waals surface area contributed by atoms with Crippen molar-refractivity contribution in [3.63, 3.8) is 0 Å². The lowest BCUT2D eigenvalue weighted by atomic mass is 10.1. The Morgan fingerprint density at radius 1 is 1.14 bits per heavy atom. The average molecular weight is 296 g/mol. The molecule has 5 heteroatoms. The normalized spacial score (nSPS) is 20.3. The topological polar surface area (TPSA) is 71.9 Å². The number of rotatable bonds is 7. The third-order valence-corrected chi connectivity index (χ3v) is 3.78. The van der Waals surface area contributed by atoms with Crippen molar-refractivity contribution in [2.75, 3.05) is 19.7 Å². The molecule has 1 aromatic rings. The molecule has 0 saturated heterocycles. The summed E-state index contributed by atoms with van der Waals surface area (Å²) in [6, 6.07) is 8.51. The van der Waals surface area contributed by atoms with E-state index in [9.17, 15) is 5.11 Å². The van der Waals surface area contributed by atoms with Crippen LogP contribution in [-0.2, 0) is 0 Å². The minimum atomic E-state index is -0.299. The summed E-state index contributed by atoms with van der Waals surface area (Å²) in [4.78, 5) is 0. The molecular weight excluding hydrogens is 268 g/mol. The van der Waals surface area contributed by atoms with Crippen LogP contribution in [0.2, 0.25) is 0 Å². The molecular formula is C16H28N2O3+2. The first kappa shape index (κ1) is 16.1. The summed E-state index contributed by atoms with van der Waals surface area (Å²) in [5, 5.41) is 14.3. The number of aliphatic hydroxyl groups excluding tert-OH is 1. The molecule has 0 unspecified atom stereocenters. The van der Waals surface area contributed by atoms with Crippen LogP contribution < -0.4 is 20.1 Å². The highest BCUT2D eigenvalue weighted by atomic mass is 16.6. The molecule has 0 fully saturated rings. The lowest BCUT2D eigenvalue weighted by Gasteiger charge is -2.29. The van der Waals surface area contributed by atoms with Crippen LogP contribution in [0.5, 0.6) is 11.5 Å². The summed E-state index contributed by atoms with van der Waals surface area (Å²) in [7, 11) is 0. The van der Waals surface area contributed by atoms with Gasteiger partial charge in [0.1, 0.15) is 25.7 Å². The molecule has 5 nitrogen and oxygen atoms in total. The molecule has 2 rings (SSSR count). The van der Waals surface area contributed by atoms with Gasteiger partial charge in [-0.25, -0.2) is 0 Å². The maximum atomic E-state index is 9.97. The molecule has 1 aromatic carbocycles. The van der Waals surface area contributed by atoms with Crippen molar-refractivity contribution in [2.45, 2.75) is 45.1 Å². The van der Waals surface area contributed by atoms with E-state index >= 15 is 0 Å². The number of aliphatic hydroxyl groups is 1. The Morgan fingerprint density at radius 2 is 1.81 bits per heavy atom. The minimum Gasteiger partial charge on any atom is -0.486 e. The number of hydrogen-bond donors (Lipinski definition) is 3. The zero-order chi connectivity index (χ0) is 15.2. The van der Waals surface area contributed by atoms with Gasteiger partial charge in [-0.15, -0.1) is 0 Å². The quantitative estimate of drug-likeness (QED) is 0.611. The second-order valence-corrected chi connectivity index (χ2v) is 6.11. The standard InChI is InChI=1S/C16H26N2O3/c1-11(2)17-8-13(19)9-18-12(3)16-10-20-14-6-4-5-7-15(14)21-16/h4-7,11-13,16-19H,8-10H2,1-3H3/p+2/t12-,13-,16+/m1/s1. The summed E-state index contributed by atoms with van der Waals surface area (Å²) < 4.78 is 11.7. The van der Waals surface area contributed by atoms with Crippen LogP contribution in [0.1, 0.15) is 20.8 Å². The first-order valence-corrected chi connectivity index (χ1v) is 7.79. The highest BCUT2D eigenvalue weighted by Gasteiger charge is 2.28. The number of fused-ring (bicyclic) bond motifs is 1. The van der Waals surface area contributed by atoms with Crippen LogP contribution in [0.3, 0.4) is 0 Å². The van der Waals surface area contributed by atoms with Gasteiger partial charge in [-0.2, -0.15) is 0 Å².